The molecule has 1 atom stereocenters. The minimum absolute atomic E-state index is 0.0292. The van der Waals surface area contributed by atoms with Gasteiger partial charge in [0.2, 0.25) is 0 Å². The Hall–Kier alpha value is -2.83. The van der Waals surface area contributed by atoms with E-state index in [0.29, 0.717) is 12.1 Å². The molecule has 0 saturated heterocycles. The molecule has 0 aliphatic heterocycles. The topological polar surface area (TPSA) is 83.3 Å². The maximum Gasteiger partial charge on any atom is 0.251 e. The van der Waals surface area contributed by atoms with Crippen LogP contribution in [0.25, 0.3) is 0 Å². The SMILES string of the molecule is CCC(C)NC(=O)c1ccc(CNC(=NC)NCCCn2cccn2)cc1. The average molecular weight is 371 g/mol. The second-order valence-electron chi connectivity index (χ2n) is 6.45. The zero-order chi connectivity index (χ0) is 19.5. The quantitative estimate of drug-likeness (QED) is 0.359. The summed E-state index contributed by atoms with van der Waals surface area (Å²) in [6.45, 7) is 6.39. The molecule has 0 saturated carbocycles. The maximum absolute atomic E-state index is 12.1. The first-order valence-electron chi connectivity index (χ1n) is 9.44. The van der Waals surface area contributed by atoms with Crippen LogP contribution in [0.1, 0.15) is 42.6 Å². The molecule has 1 aromatic carbocycles. The number of nitrogens with zero attached hydrogens (tertiary/aromatic N) is 3. The van der Waals surface area contributed by atoms with Crippen LogP contribution in [-0.2, 0) is 13.1 Å². The van der Waals surface area contributed by atoms with Crippen molar-refractivity contribution in [2.24, 2.45) is 4.99 Å². The zero-order valence-corrected chi connectivity index (χ0v) is 16.4. The molecule has 0 radical (unpaired) electrons. The highest BCUT2D eigenvalue weighted by atomic mass is 16.1. The van der Waals surface area contributed by atoms with Crippen molar-refractivity contribution >= 4 is 11.9 Å². The molecule has 2 aromatic rings. The van der Waals surface area contributed by atoms with Crippen molar-refractivity contribution in [1.29, 1.82) is 0 Å². The molecule has 0 aliphatic carbocycles. The molecule has 0 spiro atoms. The van der Waals surface area contributed by atoms with Crippen molar-refractivity contribution in [3.63, 3.8) is 0 Å². The molecule has 1 unspecified atom stereocenters. The van der Waals surface area contributed by atoms with Gasteiger partial charge >= 0.3 is 0 Å². The normalized spacial score (nSPS) is 12.5. The summed E-state index contributed by atoms with van der Waals surface area (Å²) in [7, 11) is 1.76. The van der Waals surface area contributed by atoms with Crippen LogP contribution in [-0.4, -0.2) is 41.3 Å². The summed E-state index contributed by atoms with van der Waals surface area (Å²) >= 11 is 0. The third-order valence-electron chi connectivity index (χ3n) is 4.31. The molecular formula is C20H30N6O. The molecular weight excluding hydrogens is 340 g/mol. The van der Waals surface area contributed by atoms with E-state index < -0.39 is 0 Å². The summed E-state index contributed by atoms with van der Waals surface area (Å²) in [5, 5.41) is 13.7. The van der Waals surface area contributed by atoms with Crippen molar-refractivity contribution in [3.05, 3.63) is 53.9 Å². The lowest BCUT2D eigenvalue weighted by molar-refractivity contribution is 0.0939. The number of hydrogen-bond acceptors (Lipinski definition) is 3. The Labute approximate surface area is 161 Å². The van der Waals surface area contributed by atoms with Gasteiger partial charge in [0.25, 0.3) is 5.91 Å². The molecule has 1 amide bonds. The number of nitrogens with one attached hydrogen (secondary N) is 3. The lowest BCUT2D eigenvalue weighted by Crippen LogP contribution is -2.37. The van der Waals surface area contributed by atoms with Gasteiger partial charge < -0.3 is 16.0 Å². The highest BCUT2D eigenvalue weighted by molar-refractivity contribution is 5.94. The van der Waals surface area contributed by atoms with Crippen LogP contribution in [0.3, 0.4) is 0 Å². The summed E-state index contributed by atoms with van der Waals surface area (Å²) in [6.07, 6.45) is 5.62. The van der Waals surface area contributed by atoms with Crippen LogP contribution in [0.15, 0.2) is 47.7 Å². The van der Waals surface area contributed by atoms with Gasteiger partial charge in [0.1, 0.15) is 0 Å². The van der Waals surface area contributed by atoms with Gasteiger partial charge in [0.05, 0.1) is 0 Å². The third kappa shape index (κ3) is 7.13. The number of carbonyl (C=O) groups is 1. The van der Waals surface area contributed by atoms with Crippen LogP contribution in [0.5, 0.6) is 0 Å². The van der Waals surface area contributed by atoms with Gasteiger partial charge in [-0.3, -0.25) is 14.5 Å². The second kappa shape index (κ2) is 11.0. The van der Waals surface area contributed by atoms with Crippen LogP contribution in [0, 0.1) is 0 Å². The Morgan fingerprint density at radius 2 is 2.04 bits per heavy atom. The Balaban J connectivity index is 1.73. The molecule has 146 valence electrons. The van der Waals surface area contributed by atoms with Crippen molar-refractivity contribution in [3.8, 4) is 0 Å². The molecule has 2 rings (SSSR count). The monoisotopic (exact) mass is 370 g/mol. The number of hydrogen-bond donors (Lipinski definition) is 3. The molecule has 1 heterocycles. The first-order valence-corrected chi connectivity index (χ1v) is 9.44. The van der Waals surface area contributed by atoms with Gasteiger partial charge in [-0.25, -0.2) is 0 Å². The van der Waals surface area contributed by atoms with Crippen molar-refractivity contribution in [2.75, 3.05) is 13.6 Å². The van der Waals surface area contributed by atoms with Crippen LogP contribution in [0.4, 0.5) is 0 Å². The van der Waals surface area contributed by atoms with Gasteiger partial charge in [0, 0.05) is 50.7 Å². The fraction of sp³-hybridized carbons (Fsp3) is 0.450. The summed E-state index contributed by atoms with van der Waals surface area (Å²) < 4.78 is 1.91. The zero-order valence-electron chi connectivity index (χ0n) is 16.4. The summed E-state index contributed by atoms with van der Waals surface area (Å²) in [6, 6.07) is 9.74. The van der Waals surface area contributed by atoms with E-state index in [4.69, 9.17) is 0 Å². The lowest BCUT2D eigenvalue weighted by atomic mass is 10.1. The minimum Gasteiger partial charge on any atom is -0.356 e. The summed E-state index contributed by atoms with van der Waals surface area (Å²) in [5.74, 6) is 0.729. The first kappa shape index (κ1) is 20.5. The van der Waals surface area contributed by atoms with E-state index in [9.17, 15) is 4.79 Å². The third-order valence-corrected chi connectivity index (χ3v) is 4.31. The Morgan fingerprint density at radius 3 is 2.67 bits per heavy atom. The standard InChI is InChI=1S/C20H30N6O/c1-4-16(2)25-19(27)18-9-7-17(8-10-18)15-23-20(21-3)22-11-5-13-26-14-6-12-24-26/h6-10,12,14,16H,4-5,11,13,15H2,1-3H3,(H,25,27)(H2,21,22,23). The number of aromatic nitrogens is 2. The fourth-order valence-corrected chi connectivity index (χ4v) is 2.47. The van der Waals surface area contributed by atoms with Gasteiger partial charge in [-0.15, -0.1) is 0 Å². The van der Waals surface area contributed by atoms with E-state index in [0.717, 1.165) is 37.5 Å². The summed E-state index contributed by atoms with van der Waals surface area (Å²) in [4.78, 5) is 16.3. The maximum atomic E-state index is 12.1. The largest absolute Gasteiger partial charge is 0.356 e. The average Bonchev–Trinajstić information content (AvgIpc) is 3.21. The number of rotatable bonds is 9. The predicted molar refractivity (Wildman–Crippen MR) is 109 cm³/mol. The smallest absolute Gasteiger partial charge is 0.251 e. The number of aliphatic imine (C=N–C) groups is 1. The summed E-state index contributed by atoms with van der Waals surface area (Å²) in [5.41, 5.74) is 1.77. The van der Waals surface area contributed by atoms with E-state index in [2.05, 4.69) is 33.0 Å². The van der Waals surface area contributed by atoms with Crippen LogP contribution in [0.2, 0.25) is 0 Å². The molecule has 7 nitrogen and oxygen atoms in total. The number of aryl methyl sites for hydroxylation is 1. The molecule has 0 fully saturated rings. The molecule has 0 bridgehead atoms. The molecule has 0 aliphatic rings. The van der Waals surface area contributed by atoms with Crippen molar-refractivity contribution in [1.82, 2.24) is 25.7 Å². The molecule has 1 aromatic heterocycles. The van der Waals surface area contributed by atoms with E-state index in [1.807, 2.05) is 48.1 Å². The Kier molecular flexibility index (Phi) is 8.35. The highest BCUT2D eigenvalue weighted by Crippen LogP contribution is 2.05. The predicted octanol–water partition coefficient (Wildman–Crippen LogP) is 2.17. The van der Waals surface area contributed by atoms with E-state index in [-0.39, 0.29) is 11.9 Å². The van der Waals surface area contributed by atoms with Crippen molar-refractivity contribution in [2.45, 2.75) is 45.8 Å². The van der Waals surface area contributed by atoms with Crippen LogP contribution >= 0.6 is 0 Å². The molecule has 3 N–H and O–H groups in total. The number of amides is 1. The van der Waals surface area contributed by atoms with E-state index in [1.54, 1.807) is 13.2 Å². The Morgan fingerprint density at radius 1 is 1.26 bits per heavy atom. The number of benzene rings is 1. The number of guanidine groups is 1. The Bertz CT molecular complexity index is 709. The lowest BCUT2D eigenvalue weighted by Gasteiger charge is -2.13. The van der Waals surface area contributed by atoms with E-state index >= 15 is 0 Å². The number of carbonyl (C=O) groups excluding carboxylic acids is 1. The van der Waals surface area contributed by atoms with Gasteiger partial charge in [-0.05, 0) is 43.5 Å². The molecule has 27 heavy (non-hydrogen) atoms. The van der Waals surface area contributed by atoms with Gasteiger partial charge in [-0.1, -0.05) is 19.1 Å². The minimum atomic E-state index is -0.0292. The van der Waals surface area contributed by atoms with Gasteiger partial charge in [-0.2, -0.15) is 5.10 Å². The first-order chi connectivity index (χ1) is 13.1. The van der Waals surface area contributed by atoms with Gasteiger partial charge in [0.15, 0.2) is 5.96 Å². The van der Waals surface area contributed by atoms with Crippen molar-refractivity contribution < 1.29 is 4.79 Å². The highest BCUT2D eigenvalue weighted by Gasteiger charge is 2.08. The van der Waals surface area contributed by atoms with Crippen LogP contribution < -0.4 is 16.0 Å². The van der Waals surface area contributed by atoms with E-state index in [1.165, 1.54) is 0 Å². The second-order valence-corrected chi connectivity index (χ2v) is 6.45. The fourth-order valence-electron chi connectivity index (χ4n) is 2.47. The molecule has 7 heteroatoms.